The maximum atomic E-state index is 6.21. The van der Waals surface area contributed by atoms with E-state index in [1.807, 2.05) is 19.9 Å². The minimum absolute atomic E-state index is 0.368. The molecule has 17 heavy (non-hydrogen) atoms. The molecule has 1 aromatic rings. The third kappa shape index (κ3) is 3.22. The van der Waals surface area contributed by atoms with Gasteiger partial charge >= 0.3 is 0 Å². The van der Waals surface area contributed by atoms with E-state index in [2.05, 4.69) is 26.0 Å². The first kappa shape index (κ1) is 14.0. The average Bonchev–Trinajstić information content (AvgIpc) is 2.29. The molecule has 1 aromatic carbocycles. The first-order valence-corrected chi connectivity index (χ1v) is 6.41. The van der Waals surface area contributed by atoms with Crippen molar-refractivity contribution in [3.05, 3.63) is 29.3 Å². The van der Waals surface area contributed by atoms with E-state index in [9.17, 15) is 0 Å². The summed E-state index contributed by atoms with van der Waals surface area (Å²) in [5.41, 5.74) is 8.29. The maximum Gasteiger partial charge on any atom is 0.123 e. The Balaban J connectivity index is 3.22. The molecule has 0 radical (unpaired) electrons. The third-order valence-electron chi connectivity index (χ3n) is 3.37. The van der Waals surface area contributed by atoms with Crippen LogP contribution < -0.4 is 10.5 Å². The van der Waals surface area contributed by atoms with Gasteiger partial charge in [0.2, 0.25) is 0 Å². The molecule has 0 spiro atoms. The largest absolute Gasteiger partial charge is 0.496 e. The smallest absolute Gasteiger partial charge is 0.123 e. The van der Waals surface area contributed by atoms with Gasteiger partial charge in [-0.15, -0.1) is 0 Å². The zero-order chi connectivity index (χ0) is 13.1. The van der Waals surface area contributed by atoms with Crippen molar-refractivity contribution in [2.24, 2.45) is 5.73 Å². The van der Waals surface area contributed by atoms with E-state index in [4.69, 9.17) is 10.5 Å². The SMILES string of the molecule is CCC(CC)c1ccc(OC)c(C(C)(C)N)c1. The number of methoxy groups -OCH3 is 1. The molecule has 0 fully saturated rings. The highest BCUT2D eigenvalue weighted by atomic mass is 16.5. The number of ether oxygens (including phenoxy) is 1. The highest BCUT2D eigenvalue weighted by molar-refractivity contribution is 5.42. The van der Waals surface area contributed by atoms with Gasteiger partial charge in [-0.25, -0.2) is 0 Å². The molecule has 0 aromatic heterocycles. The van der Waals surface area contributed by atoms with E-state index < -0.39 is 0 Å². The Morgan fingerprint density at radius 3 is 2.24 bits per heavy atom. The molecule has 0 saturated carbocycles. The summed E-state index contributed by atoms with van der Waals surface area (Å²) in [5, 5.41) is 0. The summed E-state index contributed by atoms with van der Waals surface area (Å²) in [6.45, 7) is 8.49. The van der Waals surface area contributed by atoms with Crippen molar-refractivity contribution in [2.75, 3.05) is 7.11 Å². The van der Waals surface area contributed by atoms with Gasteiger partial charge in [-0.1, -0.05) is 19.9 Å². The Morgan fingerprint density at radius 2 is 1.82 bits per heavy atom. The summed E-state index contributed by atoms with van der Waals surface area (Å²) >= 11 is 0. The second kappa shape index (κ2) is 5.54. The predicted molar refractivity (Wildman–Crippen MR) is 73.5 cm³/mol. The van der Waals surface area contributed by atoms with E-state index >= 15 is 0 Å². The zero-order valence-electron chi connectivity index (χ0n) is 11.7. The lowest BCUT2D eigenvalue weighted by Gasteiger charge is -2.24. The second-order valence-electron chi connectivity index (χ2n) is 5.19. The molecule has 96 valence electrons. The van der Waals surface area contributed by atoms with Gasteiger partial charge < -0.3 is 10.5 Å². The normalized spacial score (nSPS) is 11.9. The highest BCUT2D eigenvalue weighted by Crippen LogP contribution is 2.32. The second-order valence-corrected chi connectivity index (χ2v) is 5.19. The van der Waals surface area contributed by atoms with Crippen LogP contribution in [0.15, 0.2) is 18.2 Å². The van der Waals surface area contributed by atoms with Crippen LogP contribution in [-0.2, 0) is 5.54 Å². The number of nitrogens with two attached hydrogens (primary N) is 1. The van der Waals surface area contributed by atoms with Crippen LogP contribution in [0.2, 0.25) is 0 Å². The van der Waals surface area contributed by atoms with Gasteiger partial charge in [0.1, 0.15) is 5.75 Å². The molecule has 1 rings (SSSR count). The summed E-state index contributed by atoms with van der Waals surface area (Å²) in [6, 6.07) is 6.40. The molecule has 0 atom stereocenters. The molecule has 0 aliphatic rings. The van der Waals surface area contributed by atoms with Crippen LogP contribution in [0.5, 0.6) is 5.75 Å². The minimum atomic E-state index is -0.368. The Morgan fingerprint density at radius 1 is 1.24 bits per heavy atom. The van der Waals surface area contributed by atoms with Gasteiger partial charge in [0.05, 0.1) is 7.11 Å². The van der Waals surface area contributed by atoms with E-state index in [1.165, 1.54) is 5.56 Å². The lowest BCUT2D eigenvalue weighted by Crippen LogP contribution is -2.29. The Kier molecular flexibility index (Phi) is 4.58. The molecular formula is C15H25NO. The number of hydrogen-bond donors (Lipinski definition) is 1. The maximum absolute atomic E-state index is 6.21. The van der Waals surface area contributed by atoms with Gasteiger partial charge in [-0.2, -0.15) is 0 Å². The van der Waals surface area contributed by atoms with Crippen LogP contribution in [0.1, 0.15) is 57.6 Å². The van der Waals surface area contributed by atoms with Crippen LogP contribution >= 0.6 is 0 Å². The van der Waals surface area contributed by atoms with Crippen molar-refractivity contribution >= 4 is 0 Å². The van der Waals surface area contributed by atoms with Crippen molar-refractivity contribution in [3.8, 4) is 5.75 Å². The summed E-state index contributed by atoms with van der Waals surface area (Å²) < 4.78 is 5.39. The summed E-state index contributed by atoms with van der Waals surface area (Å²) in [7, 11) is 1.70. The van der Waals surface area contributed by atoms with E-state index in [0.29, 0.717) is 5.92 Å². The van der Waals surface area contributed by atoms with Crippen molar-refractivity contribution in [1.29, 1.82) is 0 Å². The molecule has 0 aliphatic heterocycles. The van der Waals surface area contributed by atoms with Crippen molar-refractivity contribution < 1.29 is 4.74 Å². The highest BCUT2D eigenvalue weighted by Gasteiger charge is 2.21. The van der Waals surface area contributed by atoms with Crippen LogP contribution in [-0.4, -0.2) is 7.11 Å². The molecule has 2 nitrogen and oxygen atoms in total. The third-order valence-corrected chi connectivity index (χ3v) is 3.37. The molecule has 0 unspecified atom stereocenters. The lowest BCUT2D eigenvalue weighted by atomic mass is 9.87. The van der Waals surface area contributed by atoms with Crippen molar-refractivity contribution in [3.63, 3.8) is 0 Å². The molecule has 0 bridgehead atoms. The van der Waals surface area contributed by atoms with Crippen LogP contribution in [0.3, 0.4) is 0 Å². The van der Waals surface area contributed by atoms with Gasteiger partial charge in [0, 0.05) is 11.1 Å². The monoisotopic (exact) mass is 235 g/mol. The van der Waals surface area contributed by atoms with Crippen molar-refractivity contribution in [1.82, 2.24) is 0 Å². The fourth-order valence-corrected chi connectivity index (χ4v) is 2.24. The van der Waals surface area contributed by atoms with Crippen molar-refractivity contribution in [2.45, 2.75) is 52.0 Å². The first-order chi connectivity index (χ1) is 7.93. The fourth-order valence-electron chi connectivity index (χ4n) is 2.24. The molecular weight excluding hydrogens is 210 g/mol. The fraction of sp³-hybridized carbons (Fsp3) is 0.600. The standard InChI is InChI=1S/C15H25NO/c1-6-11(7-2)12-8-9-14(17-5)13(10-12)15(3,4)16/h8-11H,6-7,16H2,1-5H3. The summed E-state index contributed by atoms with van der Waals surface area (Å²) in [5.74, 6) is 1.49. The van der Waals surface area contributed by atoms with E-state index in [1.54, 1.807) is 7.11 Å². The first-order valence-electron chi connectivity index (χ1n) is 6.41. The number of hydrogen-bond acceptors (Lipinski definition) is 2. The topological polar surface area (TPSA) is 35.2 Å². The molecule has 2 N–H and O–H groups in total. The Hall–Kier alpha value is -1.02. The summed E-state index contributed by atoms with van der Waals surface area (Å²) in [6.07, 6.45) is 2.32. The van der Waals surface area contributed by atoms with Gasteiger partial charge in [0.15, 0.2) is 0 Å². The van der Waals surface area contributed by atoms with Gasteiger partial charge in [-0.05, 0) is 50.3 Å². The van der Waals surface area contributed by atoms with Crippen LogP contribution in [0.25, 0.3) is 0 Å². The number of rotatable bonds is 5. The zero-order valence-corrected chi connectivity index (χ0v) is 11.7. The van der Waals surface area contributed by atoms with Crippen LogP contribution in [0.4, 0.5) is 0 Å². The summed E-state index contributed by atoms with van der Waals surface area (Å²) in [4.78, 5) is 0. The van der Waals surface area contributed by atoms with Gasteiger partial charge in [-0.3, -0.25) is 0 Å². The molecule has 0 aliphatic carbocycles. The Labute approximate surface area is 105 Å². The average molecular weight is 235 g/mol. The molecule has 0 heterocycles. The minimum Gasteiger partial charge on any atom is -0.496 e. The van der Waals surface area contributed by atoms with E-state index in [-0.39, 0.29) is 5.54 Å². The van der Waals surface area contributed by atoms with E-state index in [0.717, 1.165) is 24.2 Å². The van der Waals surface area contributed by atoms with Crippen LogP contribution in [0, 0.1) is 0 Å². The lowest BCUT2D eigenvalue weighted by molar-refractivity contribution is 0.394. The molecule has 2 heteroatoms. The predicted octanol–water partition coefficient (Wildman–Crippen LogP) is 3.79. The van der Waals surface area contributed by atoms with Gasteiger partial charge in [0.25, 0.3) is 0 Å². The Bertz CT molecular complexity index is 362. The quantitative estimate of drug-likeness (QED) is 0.842. The molecule has 0 saturated heterocycles. The molecule has 0 amide bonds. The number of benzene rings is 1.